The SMILES string of the molecule is C=CCOC(=O)c1cc(CC=C)c2ccccc2c1. The zero-order valence-corrected chi connectivity index (χ0v) is 10.8. The van der Waals surface area contributed by atoms with Gasteiger partial charge in [0.25, 0.3) is 0 Å². The molecular weight excluding hydrogens is 236 g/mol. The van der Waals surface area contributed by atoms with Crippen molar-refractivity contribution in [2.75, 3.05) is 6.61 Å². The van der Waals surface area contributed by atoms with Crippen LogP contribution in [-0.2, 0) is 11.2 Å². The fraction of sp³-hybridized carbons (Fsp3) is 0.118. The zero-order chi connectivity index (χ0) is 13.7. The van der Waals surface area contributed by atoms with E-state index in [1.807, 2.05) is 42.5 Å². The van der Waals surface area contributed by atoms with E-state index in [-0.39, 0.29) is 12.6 Å². The molecule has 2 aromatic rings. The number of benzene rings is 2. The van der Waals surface area contributed by atoms with Crippen LogP contribution >= 0.6 is 0 Å². The Morgan fingerprint density at radius 3 is 2.68 bits per heavy atom. The van der Waals surface area contributed by atoms with Gasteiger partial charge in [0.05, 0.1) is 5.56 Å². The maximum Gasteiger partial charge on any atom is 0.338 e. The Hall–Kier alpha value is -2.35. The van der Waals surface area contributed by atoms with Gasteiger partial charge in [0.15, 0.2) is 0 Å². The summed E-state index contributed by atoms with van der Waals surface area (Å²) in [6.07, 6.45) is 4.12. The molecule has 0 amide bonds. The molecule has 2 rings (SSSR count). The summed E-state index contributed by atoms with van der Waals surface area (Å²) in [6.45, 7) is 7.51. The van der Waals surface area contributed by atoms with E-state index < -0.39 is 0 Å². The largest absolute Gasteiger partial charge is 0.458 e. The van der Waals surface area contributed by atoms with Crippen LogP contribution in [0, 0.1) is 0 Å². The number of rotatable bonds is 5. The smallest absolute Gasteiger partial charge is 0.338 e. The molecule has 0 heterocycles. The zero-order valence-electron chi connectivity index (χ0n) is 10.8. The van der Waals surface area contributed by atoms with Crippen LogP contribution < -0.4 is 0 Å². The van der Waals surface area contributed by atoms with Crippen LogP contribution in [0.4, 0.5) is 0 Å². The summed E-state index contributed by atoms with van der Waals surface area (Å²) in [5.74, 6) is -0.323. The molecule has 0 N–H and O–H groups in total. The van der Waals surface area contributed by atoms with Gasteiger partial charge in [0.1, 0.15) is 6.61 Å². The lowest BCUT2D eigenvalue weighted by Crippen LogP contribution is -2.05. The Bertz CT molecular complexity index is 626. The van der Waals surface area contributed by atoms with Crippen molar-refractivity contribution in [2.24, 2.45) is 0 Å². The van der Waals surface area contributed by atoms with E-state index in [1.165, 1.54) is 0 Å². The molecule has 0 aliphatic heterocycles. The van der Waals surface area contributed by atoms with E-state index in [0.717, 1.165) is 22.8 Å². The van der Waals surface area contributed by atoms with Crippen molar-refractivity contribution in [1.82, 2.24) is 0 Å². The first-order chi connectivity index (χ1) is 9.26. The van der Waals surface area contributed by atoms with Crippen molar-refractivity contribution in [3.63, 3.8) is 0 Å². The minimum Gasteiger partial charge on any atom is -0.458 e. The van der Waals surface area contributed by atoms with Crippen LogP contribution in [0.1, 0.15) is 15.9 Å². The molecule has 0 atom stereocenters. The molecule has 0 spiro atoms. The summed E-state index contributed by atoms with van der Waals surface area (Å²) in [4.78, 5) is 11.9. The van der Waals surface area contributed by atoms with E-state index in [2.05, 4.69) is 13.2 Å². The van der Waals surface area contributed by atoms with Gasteiger partial charge in [0.2, 0.25) is 0 Å². The van der Waals surface area contributed by atoms with E-state index in [9.17, 15) is 4.79 Å². The van der Waals surface area contributed by atoms with Gasteiger partial charge in [-0.15, -0.1) is 6.58 Å². The Balaban J connectivity index is 2.48. The lowest BCUT2D eigenvalue weighted by Gasteiger charge is -2.08. The number of allylic oxidation sites excluding steroid dienone is 1. The van der Waals surface area contributed by atoms with Crippen LogP contribution in [-0.4, -0.2) is 12.6 Å². The molecule has 0 fully saturated rings. The maximum absolute atomic E-state index is 11.9. The second kappa shape index (κ2) is 6.01. The molecule has 19 heavy (non-hydrogen) atoms. The highest BCUT2D eigenvalue weighted by atomic mass is 16.5. The number of ether oxygens (including phenoxy) is 1. The lowest BCUT2D eigenvalue weighted by atomic mass is 9.99. The third kappa shape index (κ3) is 2.91. The molecule has 96 valence electrons. The Kier molecular flexibility index (Phi) is 4.14. The van der Waals surface area contributed by atoms with E-state index in [0.29, 0.717) is 5.56 Å². The second-order valence-corrected chi connectivity index (χ2v) is 4.24. The number of hydrogen-bond acceptors (Lipinski definition) is 2. The summed E-state index contributed by atoms with van der Waals surface area (Å²) in [7, 11) is 0. The minimum absolute atomic E-state index is 0.225. The molecule has 0 saturated carbocycles. The van der Waals surface area contributed by atoms with Crippen LogP contribution in [0.5, 0.6) is 0 Å². The molecular formula is C17H16O2. The van der Waals surface area contributed by atoms with Gasteiger partial charge in [-0.2, -0.15) is 0 Å². The van der Waals surface area contributed by atoms with Gasteiger partial charge in [-0.05, 0) is 34.9 Å². The van der Waals surface area contributed by atoms with Gasteiger partial charge in [0, 0.05) is 0 Å². The lowest BCUT2D eigenvalue weighted by molar-refractivity contribution is 0.0550. The fourth-order valence-electron chi connectivity index (χ4n) is 2.05. The van der Waals surface area contributed by atoms with Crippen LogP contribution in [0.25, 0.3) is 10.8 Å². The van der Waals surface area contributed by atoms with Crippen molar-refractivity contribution in [3.8, 4) is 0 Å². The third-order valence-electron chi connectivity index (χ3n) is 2.88. The highest BCUT2D eigenvalue weighted by Crippen LogP contribution is 2.22. The molecule has 2 aromatic carbocycles. The molecule has 0 aliphatic carbocycles. The molecule has 0 radical (unpaired) electrons. The monoisotopic (exact) mass is 252 g/mol. The minimum atomic E-state index is -0.323. The molecule has 0 aromatic heterocycles. The first-order valence-corrected chi connectivity index (χ1v) is 6.17. The number of hydrogen-bond donors (Lipinski definition) is 0. The van der Waals surface area contributed by atoms with Gasteiger partial charge in [-0.25, -0.2) is 4.79 Å². The van der Waals surface area contributed by atoms with Crippen molar-refractivity contribution in [2.45, 2.75) is 6.42 Å². The van der Waals surface area contributed by atoms with Crippen molar-refractivity contribution in [3.05, 3.63) is 72.8 Å². The Morgan fingerprint density at radius 1 is 1.16 bits per heavy atom. The Morgan fingerprint density at radius 2 is 1.95 bits per heavy atom. The van der Waals surface area contributed by atoms with E-state index in [1.54, 1.807) is 6.08 Å². The number of esters is 1. The molecule has 0 bridgehead atoms. The topological polar surface area (TPSA) is 26.3 Å². The first-order valence-electron chi connectivity index (χ1n) is 6.17. The van der Waals surface area contributed by atoms with Gasteiger partial charge in [-0.3, -0.25) is 0 Å². The average Bonchev–Trinajstić information content (AvgIpc) is 2.45. The quantitative estimate of drug-likeness (QED) is 0.595. The van der Waals surface area contributed by atoms with Gasteiger partial charge < -0.3 is 4.74 Å². The van der Waals surface area contributed by atoms with Crippen LogP contribution in [0.3, 0.4) is 0 Å². The van der Waals surface area contributed by atoms with Crippen molar-refractivity contribution >= 4 is 16.7 Å². The maximum atomic E-state index is 11.9. The molecule has 0 saturated heterocycles. The molecule has 0 unspecified atom stereocenters. The number of fused-ring (bicyclic) bond motifs is 1. The van der Waals surface area contributed by atoms with E-state index >= 15 is 0 Å². The molecule has 0 aliphatic rings. The van der Waals surface area contributed by atoms with Crippen molar-refractivity contribution in [1.29, 1.82) is 0 Å². The standard InChI is InChI=1S/C17H16O2/c1-3-7-13-11-15(17(18)19-10-4-2)12-14-8-5-6-9-16(13)14/h3-6,8-9,11-12H,1-2,7,10H2. The summed E-state index contributed by atoms with van der Waals surface area (Å²) in [5.41, 5.74) is 1.65. The van der Waals surface area contributed by atoms with Crippen LogP contribution in [0.2, 0.25) is 0 Å². The summed E-state index contributed by atoms with van der Waals surface area (Å²) >= 11 is 0. The Labute approximate surface area is 113 Å². The first kappa shape index (κ1) is 13.1. The summed E-state index contributed by atoms with van der Waals surface area (Å²) in [6, 6.07) is 11.7. The predicted molar refractivity (Wildman–Crippen MR) is 78.3 cm³/mol. The summed E-state index contributed by atoms with van der Waals surface area (Å²) in [5, 5.41) is 2.18. The van der Waals surface area contributed by atoms with Gasteiger partial charge >= 0.3 is 5.97 Å². The number of carbonyl (C=O) groups excluding carboxylic acids is 1. The van der Waals surface area contributed by atoms with Crippen molar-refractivity contribution < 1.29 is 9.53 Å². The van der Waals surface area contributed by atoms with E-state index in [4.69, 9.17) is 4.74 Å². The number of carbonyl (C=O) groups is 1. The van der Waals surface area contributed by atoms with Gasteiger partial charge in [-0.1, -0.05) is 43.0 Å². The predicted octanol–water partition coefficient (Wildman–Crippen LogP) is 3.91. The second-order valence-electron chi connectivity index (χ2n) is 4.24. The third-order valence-corrected chi connectivity index (χ3v) is 2.88. The normalized spacial score (nSPS) is 10.1. The highest BCUT2D eigenvalue weighted by Gasteiger charge is 2.10. The average molecular weight is 252 g/mol. The fourth-order valence-corrected chi connectivity index (χ4v) is 2.05. The summed E-state index contributed by atoms with van der Waals surface area (Å²) < 4.78 is 5.08. The highest BCUT2D eigenvalue weighted by molar-refractivity contribution is 5.97. The molecule has 2 nitrogen and oxygen atoms in total. The van der Waals surface area contributed by atoms with Crippen LogP contribution in [0.15, 0.2) is 61.7 Å². The molecule has 2 heteroatoms.